The molecule has 24 heavy (non-hydrogen) atoms. The van der Waals surface area contributed by atoms with Crippen LogP contribution >= 0.6 is 0 Å². The molecule has 1 heterocycles. The number of alkyl halides is 3. The zero-order valence-corrected chi connectivity index (χ0v) is 12.3. The maximum atomic E-state index is 13.5. The Labute approximate surface area is 134 Å². The van der Waals surface area contributed by atoms with Crippen LogP contribution in [0.5, 0.6) is 0 Å². The van der Waals surface area contributed by atoms with Crippen LogP contribution in [-0.2, 0) is 11.0 Å². The molecule has 0 spiro atoms. The molecule has 1 atom stereocenters. The summed E-state index contributed by atoms with van der Waals surface area (Å²) in [6.45, 7) is -0.0359. The second kappa shape index (κ2) is 5.79. The third-order valence-corrected chi connectivity index (χ3v) is 3.71. The molecule has 0 radical (unpaired) electrons. The van der Waals surface area contributed by atoms with E-state index in [1.54, 1.807) is 0 Å². The number of halogens is 4. The monoisotopic (exact) mass is 339 g/mol. The van der Waals surface area contributed by atoms with E-state index in [0.717, 1.165) is 18.2 Å². The number of nitrogens with zero attached hydrogens (tertiary/aromatic N) is 1. The lowest BCUT2D eigenvalue weighted by atomic mass is 10.1. The van der Waals surface area contributed by atoms with E-state index in [-0.39, 0.29) is 17.9 Å². The number of fused-ring (bicyclic) bond motifs is 1. The van der Waals surface area contributed by atoms with Crippen molar-refractivity contribution in [2.75, 3.05) is 16.8 Å². The molecule has 4 nitrogen and oxygen atoms in total. The van der Waals surface area contributed by atoms with Gasteiger partial charge in [-0.1, -0.05) is 6.07 Å². The number of amides is 1. The number of hydrogen-bond donors (Lipinski definition) is 2. The van der Waals surface area contributed by atoms with Crippen molar-refractivity contribution in [3.8, 4) is 0 Å². The number of rotatable bonds is 1. The van der Waals surface area contributed by atoms with Crippen molar-refractivity contribution in [1.29, 1.82) is 0 Å². The third kappa shape index (κ3) is 3.05. The molecule has 8 heteroatoms. The molecule has 2 aromatic rings. The van der Waals surface area contributed by atoms with Crippen molar-refractivity contribution in [3.63, 3.8) is 0 Å². The van der Waals surface area contributed by atoms with Crippen LogP contribution in [0.1, 0.15) is 5.56 Å². The van der Waals surface area contributed by atoms with Gasteiger partial charge >= 0.3 is 6.18 Å². The fourth-order valence-corrected chi connectivity index (χ4v) is 2.54. The van der Waals surface area contributed by atoms with Crippen LogP contribution in [0, 0.1) is 5.82 Å². The highest BCUT2D eigenvalue weighted by molar-refractivity contribution is 6.00. The van der Waals surface area contributed by atoms with Crippen molar-refractivity contribution in [3.05, 3.63) is 53.8 Å². The molecule has 126 valence electrons. The van der Waals surface area contributed by atoms with E-state index in [2.05, 4.69) is 5.32 Å². The Morgan fingerprint density at radius 2 is 1.92 bits per heavy atom. The van der Waals surface area contributed by atoms with Gasteiger partial charge in [0.2, 0.25) is 5.91 Å². The Morgan fingerprint density at radius 3 is 2.62 bits per heavy atom. The van der Waals surface area contributed by atoms with Gasteiger partial charge in [-0.15, -0.1) is 0 Å². The molecule has 0 saturated carbocycles. The molecule has 3 N–H and O–H groups in total. The topological polar surface area (TPSA) is 58.4 Å². The highest BCUT2D eigenvalue weighted by Gasteiger charge is 2.32. The van der Waals surface area contributed by atoms with E-state index in [1.807, 2.05) is 0 Å². The van der Waals surface area contributed by atoms with Gasteiger partial charge in [0.05, 0.1) is 16.9 Å². The second-order valence-electron chi connectivity index (χ2n) is 5.42. The Kier molecular flexibility index (Phi) is 3.92. The van der Waals surface area contributed by atoms with Gasteiger partial charge in [0.25, 0.3) is 0 Å². The first-order valence-corrected chi connectivity index (χ1v) is 7.06. The molecule has 3 rings (SSSR count). The summed E-state index contributed by atoms with van der Waals surface area (Å²) in [7, 11) is 0. The minimum absolute atomic E-state index is 0.0359. The minimum Gasteiger partial charge on any atom is -0.338 e. The molecular formula is C16H13F4N3O. The van der Waals surface area contributed by atoms with Crippen LogP contribution in [-0.4, -0.2) is 18.5 Å². The van der Waals surface area contributed by atoms with Crippen LogP contribution in [0.25, 0.3) is 0 Å². The first kappa shape index (κ1) is 16.3. The van der Waals surface area contributed by atoms with Gasteiger partial charge in [0.15, 0.2) is 0 Å². The number of nitrogens with two attached hydrogens (primary N) is 1. The van der Waals surface area contributed by atoms with Gasteiger partial charge in [-0.05, 0) is 36.4 Å². The van der Waals surface area contributed by atoms with Crippen LogP contribution < -0.4 is 16.0 Å². The SMILES string of the molecule is N[C@H]1CN(c2cccc(C(F)(F)F)c2)c2ccc(F)cc2NC1=O. The summed E-state index contributed by atoms with van der Waals surface area (Å²) in [5, 5.41) is 2.49. The normalized spacial score (nSPS) is 18.0. The summed E-state index contributed by atoms with van der Waals surface area (Å²) in [6.07, 6.45) is -4.50. The quantitative estimate of drug-likeness (QED) is 0.784. The van der Waals surface area contributed by atoms with Gasteiger partial charge in [-0.2, -0.15) is 13.2 Å². The summed E-state index contributed by atoms with van der Waals surface area (Å²) >= 11 is 0. The Hall–Kier alpha value is -2.61. The molecule has 0 unspecified atom stereocenters. The number of hydrogen-bond acceptors (Lipinski definition) is 3. The van der Waals surface area contributed by atoms with Crippen LogP contribution in [0.15, 0.2) is 42.5 Å². The molecule has 0 aliphatic carbocycles. The molecule has 1 aliphatic heterocycles. The standard InChI is InChI=1S/C16H13F4N3O/c17-10-4-5-14-13(7-10)22-15(24)12(21)8-23(14)11-3-1-2-9(6-11)16(18,19)20/h1-7,12H,8,21H2,(H,22,24)/t12-/m0/s1. The third-order valence-electron chi connectivity index (χ3n) is 3.71. The predicted octanol–water partition coefficient (Wildman–Crippen LogP) is 3.26. The lowest BCUT2D eigenvalue weighted by Crippen LogP contribution is -2.41. The fraction of sp³-hybridized carbons (Fsp3) is 0.188. The molecule has 1 amide bonds. The lowest BCUT2D eigenvalue weighted by molar-refractivity contribution is -0.137. The maximum absolute atomic E-state index is 13.5. The number of anilines is 3. The van der Waals surface area contributed by atoms with E-state index in [0.29, 0.717) is 5.69 Å². The molecule has 0 fully saturated rings. The van der Waals surface area contributed by atoms with Crippen molar-refractivity contribution in [2.24, 2.45) is 5.73 Å². The molecule has 0 bridgehead atoms. The second-order valence-corrected chi connectivity index (χ2v) is 5.42. The van der Waals surface area contributed by atoms with Crippen molar-refractivity contribution in [2.45, 2.75) is 12.2 Å². The summed E-state index contributed by atoms with van der Waals surface area (Å²) in [5.74, 6) is -1.11. The largest absolute Gasteiger partial charge is 0.416 e. The van der Waals surface area contributed by atoms with Crippen LogP contribution in [0.2, 0.25) is 0 Å². The average molecular weight is 339 g/mol. The van der Waals surface area contributed by atoms with Crippen molar-refractivity contribution >= 4 is 23.0 Å². The summed E-state index contributed by atoms with van der Waals surface area (Å²) in [5.41, 5.74) is 5.70. The van der Waals surface area contributed by atoms with Gasteiger partial charge in [0.1, 0.15) is 11.9 Å². The summed E-state index contributed by atoms with van der Waals surface area (Å²) in [6, 6.07) is 7.36. The fourth-order valence-electron chi connectivity index (χ4n) is 2.54. The molecule has 2 aromatic carbocycles. The lowest BCUT2D eigenvalue weighted by Gasteiger charge is -2.26. The Balaban J connectivity index is 2.12. The van der Waals surface area contributed by atoms with E-state index in [1.165, 1.54) is 29.2 Å². The summed E-state index contributed by atoms with van der Waals surface area (Å²) < 4.78 is 52.3. The predicted molar refractivity (Wildman–Crippen MR) is 81.5 cm³/mol. The zero-order valence-electron chi connectivity index (χ0n) is 12.3. The number of nitrogens with one attached hydrogen (secondary N) is 1. The highest BCUT2D eigenvalue weighted by atomic mass is 19.4. The van der Waals surface area contributed by atoms with E-state index < -0.39 is 29.5 Å². The van der Waals surface area contributed by atoms with Gasteiger partial charge in [-0.25, -0.2) is 4.39 Å². The number of benzene rings is 2. The zero-order chi connectivity index (χ0) is 17.5. The first-order chi connectivity index (χ1) is 11.3. The molecule has 0 saturated heterocycles. The first-order valence-electron chi connectivity index (χ1n) is 7.06. The van der Waals surface area contributed by atoms with Gasteiger partial charge in [0, 0.05) is 12.2 Å². The van der Waals surface area contributed by atoms with Gasteiger partial charge in [-0.3, -0.25) is 4.79 Å². The van der Waals surface area contributed by atoms with E-state index in [9.17, 15) is 22.4 Å². The minimum atomic E-state index is -4.50. The smallest absolute Gasteiger partial charge is 0.338 e. The van der Waals surface area contributed by atoms with Crippen molar-refractivity contribution in [1.82, 2.24) is 0 Å². The maximum Gasteiger partial charge on any atom is 0.416 e. The van der Waals surface area contributed by atoms with E-state index >= 15 is 0 Å². The van der Waals surface area contributed by atoms with Crippen LogP contribution in [0.4, 0.5) is 34.6 Å². The highest BCUT2D eigenvalue weighted by Crippen LogP contribution is 2.37. The summed E-state index contributed by atoms with van der Waals surface area (Å²) in [4.78, 5) is 13.4. The average Bonchev–Trinajstić information content (AvgIpc) is 2.63. The van der Waals surface area contributed by atoms with Crippen LogP contribution in [0.3, 0.4) is 0 Å². The molecular weight excluding hydrogens is 326 g/mol. The van der Waals surface area contributed by atoms with Crippen molar-refractivity contribution < 1.29 is 22.4 Å². The van der Waals surface area contributed by atoms with E-state index in [4.69, 9.17) is 5.73 Å². The number of carbonyl (C=O) groups is 1. The Bertz CT molecular complexity index is 791. The molecule has 1 aliphatic rings. The number of carbonyl (C=O) groups excluding carboxylic acids is 1. The molecule has 0 aromatic heterocycles. The Morgan fingerprint density at radius 1 is 1.17 bits per heavy atom. The van der Waals surface area contributed by atoms with Gasteiger partial charge < -0.3 is 16.0 Å².